The summed E-state index contributed by atoms with van der Waals surface area (Å²) in [5.74, 6) is 0.521. The monoisotopic (exact) mass is 639 g/mol. The highest BCUT2D eigenvalue weighted by atomic mass is 15.0. The molecule has 0 bridgehead atoms. The van der Waals surface area contributed by atoms with Gasteiger partial charge in [-0.05, 0) is 81.8 Å². The van der Waals surface area contributed by atoms with Crippen LogP contribution in [0.4, 0.5) is 0 Å². The van der Waals surface area contributed by atoms with E-state index >= 15 is 0 Å². The second kappa shape index (κ2) is 11.4. The van der Waals surface area contributed by atoms with Crippen molar-refractivity contribution >= 4 is 60.0 Å². The minimum absolute atomic E-state index is 0.521. The van der Waals surface area contributed by atoms with Gasteiger partial charge in [0.1, 0.15) is 0 Å². The Labute approximate surface area is 290 Å². The summed E-state index contributed by atoms with van der Waals surface area (Å²) in [5.41, 5.74) is 12.1. The number of hydrogen-bond acceptors (Lipinski definition) is 2. The molecule has 0 N–H and O–H groups in total. The highest BCUT2D eigenvalue weighted by Crippen LogP contribution is 2.39. The third-order valence-corrected chi connectivity index (χ3v) is 10.3. The van der Waals surface area contributed by atoms with E-state index in [0.29, 0.717) is 5.92 Å². The molecular weight excluding hydrogens is 607 g/mol. The molecule has 0 radical (unpaired) electrons. The van der Waals surface area contributed by atoms with E-state index in [1.807, 2.05) is 6.20 Å². The summed E-state index contributed by atoms with van der Waals surface area (Å²) >= 11 is 0. The number of aromatic nitrogens is 3. The van der Waals surface area contributed by atoms with E-state index in [1.54, 1.807) is 0 Å². The van der Waals surface area contributed by atoms with Crippen LogP contribution in [0, 0.1) is 5.92 Å². The van der Waals surface area contributed by atoms with Crippen molar-refractivity contribution in [3.8, 4) is 28.1 Å². The lowest BCUT2D eigenvalue weighted by Crippen LogP contribution is -1.97. The predicted octanol–water partition coefficient (Wildman–Crippen LogP) is 12.3. The van der Waals surface area contributed by atoms with E-state index in [4.69, 9.17) is 9.97 Å². The molecule has 3 heteroatoms. The summed E-state index contributed by atoms with van der Waals surface area (Å²) in [5, 5.41) is 7.15. The van der Waals surface area contributed by atoms with Gasteiger partial charge < -0.3 is 4.57 Å². The molecule has 1 aliphatic rings. The van der Waals surface area contributed by atoms with Gasteiger partial charge >= 0.3 is 0 Å². The molecule has 1 unspecified atom stereocenters. The highest BCUT2D eigenvalue weighted by Gasteiger charge is 2.17. The first-order valence-corrected chi connectivity index (χ1v) is 17.4. The van der Waals surface area contributed by atoms with Gasteiger partial charge in [-0.2, -0.15) is 0 Å². The molecule has 50 heavy (non-hydrogen) atoms. The minimum atomic E-state index is 0.521. The van der Waals surface area contributed by atoms with Crippen molar-refractivity contribution in [3.63, 3.8) is 0 Å². The summed E-state index contributed by atoms with van der Waals surface area (Å²) < 4.78 is 2.35. The molecule has 7 aromatic carbocycles. The topological polar surface area (TPSA) is 30.7 Å². The Balaban J connectivity index is 1.16. The third-order valence-electron chi connectivity index (χ3n) is 10.3. The molecule has 2 heterocycles. The van der Waals surface area contributed by atoms with Gasteiger partial charge in [-0.1, -0.05) is 128 Å². The molecule has 0 fully saturated rings. The molecule has 0 saturated carbocycles. The van der Waals surface area contributed by atoms with Crippen LogP contribution in [-0.4, -0.2) is 14.5 Å². The first-order valence-electron chi connectivity index (χ1n) is 17.4. The van der Waals surface area contributed by atoms with Crippen LogP contribution in [0.25, 0.3) is 88.0 Å². The van der Waals surface area contributed by atoms with Crippen LogP contribution >= 0.6 is 0 Å². The zero-order valence-corrected chi connectivity index (χ0v) is 27.7. The van der Waals surface area contributed by atoms with Gasteiger partial charge in [0.25, 0.3) is 0 Å². The van der Waals surface area contributed by atoms with E-state index in [0.717, 1.165) is 45.2 Å². The second-order valence-electron chi connectivity index (χ2n) is 13.5. The Morgan fingerprint density at radius 1 is 0.540 bits per heavy atom. The summed E-state index contributed by atoms with van der Waals surface area (Å²) in [6.45, 7) is 2.28. The van der Waals surface area contributed by atoms with Crippen molar-refractivity contribution in [3.05, 3.63) is 170 Å². The summed E-state index contributed by atoms with van der Waals surface area (Å²) in [6, 6.07) is 50.2. The van der Waals surface area contributed by atoms with Crippen molar-refractivity contribution in [1.29, 1.82) is 0 Å². The van der Waals surface area contributed by atoms with E-state index in [2.05, 4.69) is 169 Å². The van der Waals surface area contributed by atoms with Crippen LogP contribution in [0.1, 0.15) is 18.9 Å². The van der Waals surface area contributed by atoms with Gasteiger partial charge in [0.15, 0.2) is 0 Å². The molecule has 2 aromatic heterocycles. The largest absolute Gasteiger partial charge is 0.309 e. The number of benzene rings is 7. The van der Waals surface area contributed by atoms with E-state index < -0.39 is 0 Å². The van der Waals surface area contributed by atoms with Gasteiger partial charge in [-0.15, -0.1) is 0 Å². The van der Waals surface area contributed by atoms with Crippen LogP contribution in [0.3, 0.4) is 0 Å². The van der Waals surface area contributed by atoms with Gasteiger partial charge in [0.05, 0.1) is 34.0 Å². The Morgan fingerprint density at radius 2 is 1.16 bits per heavy atom. The van der Waals surface area contributed by atoms with Crippen molar-refractivity contribution < 1.29 is 0 Å². The number of para-hydroxylation sites is 2. The summed E-state index contributed by atoms with van der Waals surface area (Å²) in [7, 11) is 0. The Hall–Kier alpha value is -6.32. The molecule has 236 valence electrons. The smallest absolute Gasteiger partial charge is 0.0979 e. The van der Waals surface area contributed by atoms with Crippen LogP contribution < -0.4 is 0 Å². The first-order chi connectivity index (χ1) is 24.7. The van der Waals surface area contributed by atoms with Crippen LogP contribution in [-0.2, 0) is 0 Å². The highest BCUT2D eigenvalue weighted by molar-refractivity contribution is 6.24. The van der Waals surface area contributed by atoms with Gasteiger partial charge in [0, 0.05) is 32.8 Å². The minimum Gasteiger partial charge on any atom is -0.309 e. The molecule has 3 nitrogen and oxygen atoms in total. The average Bonchev–Trinajstić information content (AvgIpc) is 3.52. The average molecular weight is 640 g/mol. The first kappa shape index (κ1) is 28.7. The van der Waals surface area contributed by atoms with Crippen molar-refractivity contribution in [2.45, 2.75) is 13.3 Å². The van der Waals surface area contributed by atoms with E-state index in [1.165, 1.54) is 54.8 Å². The number of nitrogens with zero attached hydrogens (tertiary/aromatic N) is 3. The van der Waals surface area contributed by atoms with Crippen LogP contribution in [0.2, 0.25) is 0 Å². The summed E-state index contributed by atoms with van der Waals surface area (Å²) in [6.07, 6.45) is 9.95. The van der Waals surface area contributed by atoms with Gasteiger partial charge in [-0.25, -0.2) is 4.98 Å². The van der Waals surface area contributed by atoms with Crippen LogP contribution in [0.15, 0.2) is 164 Å². The molecule has 1 atom stereocenters. The van der Waals surface area contributed by atoms with Gasteiger partial charge in [0.2, 0.25) is 0 Å². The van der Waals surface area contributed by atoms with Crippen molar-refractivity contribution in [1.82, 2.24) is 14.5 Å². The SMILES string of the molecule is CC1C=C(c2ccc3c4ccc(-c5ccccc5)cc4c4ncc(-c5ccc(-n6c7ccccc7c7ccccc76)cc5)nc4c3c2)C=CC1. The number of fused-ring (bicyclic) bond motifs is 9. The third kappa shape index (κ3) is 4.58. The molecule has 10 rings (SSSR count). The molecule has 0 saturated heterocycles. The lowest BCUT2D eigenvalue weighted by atomic mass is 9.90. The maximum Gasteiger partial charge on any atom is 0.0979 e. The summed E-state index contributed by atoms with van der Waals surface area (Å²) in [4.78, 5) is 10.6. The molecule has 0 amide bonds. The molecule has 1 aliphatic carbocycles. The maximum atomic E-state index is 5.41. The second-order valence-corrected chi connectivity index (χ2v) is 13.5. The zero-order valence-electron chi connectivity index (χ0n) is 27.7. The maximum absolute atomic E-state index is 5.41. The lowest BCUT2D eigenvalue weighted by Gasteiger charge is -2.16. The fourth-order valence-corrected chi connectivity index (χ4v) is 7.87. The Kier molecular flexibility index (Phi) is 6.53. The predicted molar refractivity (Wildman–Crippen MR) is 211 cm³/mol. The lowest BCUT2D eigenvalue weighted by molar-refractivity contribution is 0.740. The number of hydrogen-bond donors (Lipinski definition) is 0. The normalized spacial score (nSPS) is 14.7. The fraction of sp³-hybridized carbons (Fsp3) is 0.0638. The molecule has 9 aromatic rings. The van der Waals surface area contributed by atoms with Crippen molar-refractivity contribution in [2.75, 3.05) is 0 Å². The number of allylic oxidation sites excluding steroid dienone is 4. The fourth-order valence-electron chi connectivity index (χ4n) is 7.87. The van der Waals surface area contributed by atoms with Crippen molar-refractivity contribution in [2.24, 2.45) is 5.92 Å². The standard InChI is InChI=1S/C47H33N3/c1-30-10-9-13-33(26-30)35-21-25-38-37-24-20-34(31-11-3-2-4-12-31)27-41(37)46-47(42(38)28-35)49-43(29-48-46)32-18-22-36(23-19-32)50-44-16-7-5-14-39(44)40-15-6-8-17-45(40)50/h2-9,11-30H,10H2,1H3. The Morgan fingerprint density at radius 3 is 1.88 bits per heavy atom. The zero-order chi connectivity index (χ0) is 33.2. The van der Waals surface area contributed by atoms with E-state index in [-0.39, 0.29) is 0 Å². The van der Waals surface area contributed by atoms with Crippen LogP contribution in [0.5, 0.6) is 0 Å². The molecule has 0 spiro atoms. The Bertz CT molecular complexity index is 2790. The quantitative estimate of drug-likeness (QED) is 0.179. The number of rotatable bonds is 4. The van der Waals surface area contributed by atoms with E-state index in [9.17, 15) is 0 Å². The van der Waals surface area contributed by atoms with Gasteiger partial charge in [-0.3, -0.25) is 4.98 Å². The molecular formula is C47H33N3. The molecule has 0 aliphatic heterocycles.